The summed E-state index contributed by atoms with van der Waals surface area (Å²) in [5, 5.41) is 0. The van der Waals surface area contributed by atoms with Crippen LogP contribution in [0.5, 0.6) is 0 Å². The predicted octanol–water partition coefficient (Wildman–Crippen LogP) is 0.227. The molecule has 0 fully saturated rings. The largest absolute Gasteiger partial charge is 0.667 e. The summed E-state index contributed by atoms with van der Waals surface area (Å²) in [4.78, 5) is 0. The zero-order valence-corrected chi connectivity index (χ0v) is 13.0. The molecule has 0 aromatic heterocycles. The molecule has 2 N–H and O–H groups in total. The molecule has 0 atom stereocenters. The van der Waals surface area contributed by atoms with Crippen LogP contribution in [0.2, 0.25) is 0 Å². The van der Waals surface area contributed by atoms with Crippen molar-refractivity contribution in [3.05, 3.63) is 0 Å². The van der Waals surface area contributed by atoms with Crippen molar-refractivity contribution in [2.45, 2.75) is 27.2 Å². The van der Waals surface area contributed by atoms with E-state index in [9.17, 15) is 8.42 Å². The summed E-state index contributed by atoms with van der Waals surface area (Å²) in [7, 11) is -7.89. The second-order valence-electron chi connectivity index (χ2n) is 3.22. The van der Waals surface area contributed by atoms with Gasteiger partial charge in [0.25, 0.3) is 0 Å². The van der Waals surface area contributed by atoms with Gasteiger partial charge in [-0.3, -0.25) is 4.18 Å². The lowest BCUT2D eigenvalue weighted by Gasteiger charge is -2.26. The molecule has 18 heavy (non-hydrogen) atoms. The van der Waals surface area contributed by atoms with E-state index >= 15 is 0 Å². The third-order valence-corrected chi connectivity index (χ3v) is 8.12. The Bertz CT molecular complexity index is 293. The van der Waals surface area contributed by atoms with E-state index in [0.29, 0.717) is 13.0 Å². The van der Waals surface area contributed by atoms with Crippen molar-refractivity contribution < 1.29 is 25.9 Å². The third kappa shape index (κ3) is 4.92. The summed E-state index contributed by atoms with van der Waals surface area (Å²) in [6.45, 7) is 5.89. The summed E-state index contributed by atoms with van der Waals surface area (Å²) < 4.78 is 44.9. The van der Waals surface area contributed by atoms with E-state index in [1.807, 2.05) is 0 Å². The van der Waals surface area contributed by atoms with Gasteiger partial charge >= 0.3 is 17.5 Å². The molecular weight excluding hydrogens is 278 g/mol. The van der Waals surface area contributed by atoms with E-state index in [1.54, 1.807) is 20.8 Å². The smallest absolute Gasteiger partial charge is 0.361 e. The maximum atomic E-state index is 12.1. The molecule has 0 aromatic carbocycles. The highest BCUT2D eigenvalue weighted by molar-refractivity contribution is 8.16. The van der Waals surface area contributed by atoms with Crippen LogP contribution in [0.25, 0.3) is 0 Å². The molecule has 0 aromatic rings. The van der Waals surface area contributed by atoms with Gasteiger partial charge in [0, 0.05) is 19.8 Å². The first-order chi connectivity index (χ1) is 8.49. The standard InChI is InChI=1S/C9H23NO6SSi/c1-4-14-18(15-5-2,16-6-3)17(11,12)13-9-7-8-10/h4-10H2,1-3H3. The van der Waals surface area contributed by atoms with E-state index in [2.05, 4.69) is 0 Å². The molecule has 0 saturated carbocycles. The Hall–Kier alpha value is -0.0331. The minimum absolute atomic E-state index is 0.000800. The molecular formula is C9H23NO6SSi. The van der Waals surface area contributed by atoms with Crippen LogP contribution in [-0.2, 0) is 27.0 Å². The Labute approximate surface area is 110 Å². The highest BCUT2D eigenvalue weighted by atomic mass is 32.4. The lowest BCUT2D eigenvalue weighted by Crippen LogP contribution is -2.54. The van der Waals surface area contributed by atoms with Gasteiger partial charge in [-0.2, -0.15) is 8.42 Å². The highest BCUT2D eigenvalue weighted by Crippen LogP contribution is 2.20. The van der Waals surface area contributed by atoms with E-state index < -0.39 is 17.5 Å². The summed E-state index contributed by atoms with van der Waals surface area (Å²) in [5.41, 5.74) is 5.29. The number of nitrogens with two attached hydrogens (primary N) is 1. The number of hydrogen-bond acceptors (Lipinski definition) is 7. The van der Waals surface area contributed by atoms with Gasteiger partial charge in [0.1, 0.15) is 0 Å². The lowest BCUT2D eigenvalue weighted by molar-refractivity contribution is 0.0880. The first-order valence-corrected chi connectivity index (χ1v) is 9.86. The zero-order chi connectivity index (χ0) is 14.1. The average Bonchev–Trinajstić information content (AvgIpc) is 2.30. The van der Waals surface area contributed by atoms with Gasteiger partial charge in [0.05, 0.1) is 6.61 Å². The normalized spacial score (nSPS) is 12.9. The van der Waals surface area contributed by atoms with Crippen molar-refractivity contribution in [1.29, 1.82) is 0 Å². The van der Waals surface area contributed by atoms with Gasteiger partial charge in [-0.25, -0.2) is 0 Å². The molecule has 0 aliphatic carbocycles. The van der Waals surface area contributed by atoms with Crippen LogP contribution in [0.4, 0.5) is 0 Å². The zero-order valence-electron chi connectivity index (χ0n) is 11.2. The monoisotopic (exact) mass is 301 g/mol. The van der Waals surface area contributed by atoms with Crippen molar-refractivity contribution in [3.63, 3.8) is 0 Å². The maximum Gasteiger partial charge on any atom is 0.667 e. The summed E-state index contributed by atoms with van der Waals surface area (Å²) in [5.74, 6) is 0. The van der Waals surface area contributed by atoms with Crippen LogP contribution in [0.1, 0.15) is 27.2 Å². The second kappa shape index (κ2) is 8.96. The van der Waals surface area contributed by atoms with Crippen molar-refractivity contribution in [3.8, 4) is 0 Å². The van der Waals surface area contributed by atoms with Gasteiger partial charge in [-0.1, -0.05) is 0 Å². The Morgan fingerprint density at radius 3 is 1.78 bits per heavy atom. The fourth-order valence-corrected chi connectivity index (χ4v) is 6.46. The van der Waals surface area contributed by atoms with Crippen molar-refractivity contribution in [2.75, 3.05) is 33.0 Å². The van der Waals surface area contributed by atoms with Gasteiger partial charge in [-0.15, -0.1) is 0 Å². The van der Waals surface area contributed by atoms with Crippen molar-refractivity contribution in [2.24, 2.45) is 5.73 Å². The molecule has 0 unspecified atom stereocenters. The molecule has 0 radical (unpaired) electrons. The molecule has 9 heteroatoms. The molecule has 0 spiro atoms. The van der Waals surface area contributed by atoms with E-state index in [4.69, 9.17) is 23.2 Å². The van der Waals surface area contributed by atoms with E-state index in [-0.39, 0.29) is 26.4 Å². The maximum absolute atomic E-state index is 12.1. The lowest BCUT2D eigenvalue weighted by atomic mass is 10.5. The summed E-state index contributed by atoms with van der Waals surface area (Å²) in [6.07, 6.45) is 0.439. The van der Waals surface area contributed by atoms with E-state index in [1.165, 1.54) is 0 Å². The second-order valence-corrected chi connectivity index (χ2v) is 9.23. The minimum atomic E-state index is -4.03. The number of rotatable bonds is 11. The highest BCUT2D eigenvalue weighted by Gasteiger charge is 2.58. The Morgan fingerprint density at radius 2 is 1.44 bits per heavy atom. The quantitative estimate of drug-likeness (QED) is 0.431. The van der Waals surface area contributed by atoms with Crippen molar-refractivity contribution in [1.82, 2.24) is 0 Å². The van der Waals surface area contributed by atoms with Crippen LogP contribution in [0.15, 0.2) is 0 Å². The Kier molecular flexibility index (Phi) is 8.95. The Morgan fingerprint density at radius 1 is 1.00 bits per heavy atom. The Balaban J connectivity index is 4.99. The van der Waals surface area contributed by atoms with Gasteiger partial charge in [-0.05, 0) is 33.7 Å². The van der Waals surface area contributed by atoms with Crippen LogP contribution in [0.3, 0.4) is 0 Å². The molecule has 0 saturated heterocycles. The van der Waals surface area contributed by atoms with Crippen LogP contribution < -0.4 is 5.73 Å². The van der Waals surface area contributed by atoms with Crippen LogP contribution in [0, 0.1) is 0 Å². The third-order valence-electron chi connectivity index (χ3n) is 1.86. The summed E-state index contributed by atoms with van der Waals surface area (Å²) in [6, 6.07) is 0. The SMILES string of the molecule is CCO[Si](OCC)(OCC)S(=O)(=O)OCCCN. The average molecular weight is 301 g/mol. The molecule has 0 aliphatic heterocycles. The molecule has 7 nitrogen and oxygen atoms in total. The number of hydrogen-bond donors (Lipinski definition) is 1. The molecule has 0 amide bonds. The molecule has 0 heterocycles. The molecule has 0 rings (SSSR count). The van der Waals surface area contributed by atoms with Gasteiger partial charge < -0.3 is 19.0 Å². The molecule has 0 aliphatic rings. The summed E-state index contributed by atoms with van der Waals surface area (Å²) >= 11 is 0. The van der Waals surface area contributed by atoms with Crippen LogP contribution in [-0.4, -0.2) is 49.3 Å². The first kappa shape index (κ1) is 18.0. The minimum Gasteiger partial charge on any atom is -0.361 e. The predicted molar refractivity (Wildman–Crippen MR) is 69.2 cm³/mol. The topological polar surface area (TPSA) is 97.1 Å². The fraction of sp³-hybridized carbons (Fsp3) is 1.00. The van der Waals surface area contributed by atoms with Crippen LogP contribution >= 0.6 is 0 Å². The van der Waals surface area contributed by atoms with Crippen molar-refractivity contribution >= 4 is 17.5 Å². The molecule has 110 valence electrons. The fourth-order valence-electron chi connectivity index (χ4n) is 1.20. The van der Waals surface area contributed by atoms with Gasteiger partial charge in [0.2, 0.25) is 0 Å². The van der Waals surface area contributed by atoms with E-state index in [0.717, 1.165) is 0 Å². The molecule has 0 bridgehead atoms. The first-order valence-electron chi connectivity index (χ1n) is 6.00. The van der Waals surface area contributed by atoms with Gasteiger partial charge in [0.15, 0.2) is 0 Å².